The topological polar surface area (TPSA) is 149 Å². The number of carbonyl (C=O) groups excluding carboxylic acids is 1. The fourth-order valence-electron chi connectivity index (χ4n) is 10.9. The summed E-state index contributed by atoms with van der Waals surface area (Å²) < 4.78 is 11.4. The molecule has 0 saturated carbocycles. The molecule has 1 fully saturated rings. The summed E-state index contributed by atoms with van der Waals surface area (Å²) in [6.45, 7) is 3.74. The third kappa shape index (κ3) is 51.2. The van der Waals surface area contributed by atoms with E-state index >= 15 is 0 Å². The van der Waals surface area contributed by atoms with Crippen LogP contribution in [0.5, 0.6) is 0 Å². The molecule has 0 aromatic carbocycles. The first-order valence-corrected chi connectivity index (χ1v) is 35.4. The van der Waals surface area contributed by atoms with Gasteiger partial charge in [0.25, 0.3) is 0 Å². The Bertz CT molecular complexity index is 1650. The molecule has 0 radical (unpaired) electrons. The molecule has 7 unspecified atom stereocenters. The van der Waals surface area contributed by atoms with Crippen LogP contribution in [0.4, 0.5) is 0 Å². The van der Waals surface area contributed by atoms with Crippen LogP contribution in [-0.4, -0.2) is 87.5 Å². The zero-order valence-corrected chi connectivity index (χ0v) is 54.4. The molecule has 486 valence electrons. The monoisotopic (exact) mass is 1180 g/mol. The number of nitrogens with one attached hydrogen (secondary N) is 1. The van der Waals surface area contributed by atoms with Gasteiger partial charge in [0, 0.05) is 6.42 Å². The van der Waals surface area contributed by atoms with Crippen molar-refractivity contribution in [1.82, 2.24) is 5.32 Å². The standard InChI is InChI=1S/C75H133NO8/c1-3-5-7-9-11-13-15-17-19-21-23-25-27-29-31-33-34-35-37-38-40-42-44-46-48-50-52-54-56-58-60-62-64-69(78)68(67-83-75-74(82)73(81)72(80)70(66-77)84-75)76-71(79)65-63-61-59-57-55-53-51-49-47-45-43-41-39-36-32-30-28-26-24-22-20-18-16-14-12-10-8-6-4-2/h6,8,12,14,18,20,24,26,30,32,39,41,45,47,51,53,68-70,72-75,77-78,80-82H,3-5,7,9-11,13,15-17,19,21-23,25,27-29,31,33-38,40,42-44,46,48-50,52,54-67H2,1-2H3,(H,76,79)/b8-6-,14-12-,20-18-,26-24-,32-30-,41-39-,47-45-,53-51-. The van der Waals surface area contributed by atoms with E-state index in [2.05, 4.69) is 116 Å². The maximum absolute atomic E-state index is 13.1. The second-order valence-electron chi connectivity index (χ2n) is 24.3. The molecule has 7 atom stereocenters. The van der Waals surface area contributed by atoms with Crippen molar-refractivity contribution in [2.75, 3.05) is 13.2 Å². The normalized spacial score (nSPS) is 18.8. The Morgan fingerprint density at radius 1 is 0.417 bits per heavy atom. The van der Waals surface area contributed by atoms with Crippen molar-refractivity contribution in [3.05, 3.63) is 97.2 Å². The largest absolute Gasteiger partial charge is 0.394 e. The molecule has 6 N–H and O–H groups in total. The number of unbranched alkanes of at least 4 members (excludes halogenated alkanes) is 35. The molecular formula is C75H133NO8. The van der Waals surface area contributed by atoms with Gasteiger partial charge in [0.15, 0.2) is 6.29 Å². The third-order valence-corrected chi connectivity index (χ3v) is 16.5. The highest BCUT2D eigenvalue weighted by molar-refractivity contribution is 5.76. The number of aliphatic hydroxyl groups excluding tert-OH is 5. The maximum atomic E-state index is 13.1. The summed E-state index contributed by atoms with van der Waals surface area (Å²) in [5, 5.41) is 54.9. The summed E-state index contributed by atoms with van der Waals surface area (Å²) in [5.74, 6) is -0.168. The minimum Gasteiger partial charge on any atom is -0.394 e. The molecule has 1 aliphatic heterocycles. The van der Waals surface area contributed by atoms with E-state index in [4.69, 9.17) is 9.47 Å². The molecule has 0 aromatic heterocycles. The van der Waals surface area contributed by atoms with E-state index in [1.54, 1.807) is 0 Å². The number of aliphatic hydroxyl groups is 5. The third-order valence-electron chi connectivity index (χ3n) is 16.5. The predicted octanol–water partition coefficient (Wildman–Crippen LogP) is 19.5. The van der Waals surface area contributed by atoms with Crippen molar-refractivity contribution in [3.8, 4) is 0 Å². The van der Waals surface area contributed by atoms with Gasteiger partial charge in [-0.3, -0.25) is 4.79 Å². The summed E-state index contributed by atoms with van der Waals surface area (Å²) in [4.78, 5) is 13.1. The van der Waals surface area contributed by atoms with Crippen LogP contribution in [0, 0.1) is 0 Å². The van der Waals surface area contributed by atoms with Gasteiger partial charge >= 0.3 is 0 Å². The van der Waals surface area contributed by atoms with Crippen LogP contribution in [-0.2, 0) is 14.3 Å². The van der Waals surface area contributed by atoms with Gasteiger partial charge in [-0.2, -0.15) is 0 Å². The fraction of sp³-hybridized carbons (Fsp3) is 0.773. The first kappa shape index (κ1) is 79.1. The molecule has 0 aromatic rings. The summed E-state index contributed by atoms with van der Waals surface area (Å²) in [7, 11) is 0. The number of hydrogen-bond acceptors (Lipinski definition) is 8. The minimum absolute atomic E-state index is 0.154. The highest BCUT2D eigenvalue weighted by Crippen LogP contribution is 2.24. The van der Waals surface area contributed by atoms with Gasteiger partial charge in [-0.1, -0.05) is 329 Å². The Morgan fingerprint density at radius 3 is 1.10 bits per heavy atom. The van der Waals surface area contributed by atoms with Crippen LogP contribution in [0.2, 0.25) is 0 Å². The molecule has 0 spiro atoms. The lowest BCUT2D eigenvalue weighted by Gasteiger charge is -2.40. The Labute approximate surface area is 517 Å². The molecule has 0 aliphatic carbocycles. The van der Waals surface area contributed by atoms with Crippen LogP contribution < -0.4 is 5.32 Å². The van der Waals surface area contributed by atoms with Gasteiger partial charge in [-0.25, -0.2) is 0 Å². The van der Waals surface area contributed by atoms with Crippen molar-refractivity contribution in [1.29, 1.82) is 0 Å². The molecule has 1 saturated heterocycles. The smallest absolute Gasteiger partial charge is 0.220 e. The van der Waals surface area contributed by atoms with E-state index in [1.165, 1.54) is 186 Å². The lowest BCUT2D eigenvalue weighted by molar-refractivity contribution is -0.302. The molecule has 84 heavy (non-hydrogen) atoms. The van der Waals surface area contributed by atoms with Crippen LogP contribution in [0.3, 0.4) is 0 Å². The first-order chi connectivity index (χ1) is 41.3. The minimum atomic E-state index is -1.57. The van der Waals surface area contributed by atoms with Gasteiger partial charge < -0.3 is 40.3 Å². The lowest BCUT2D eigenvalue weighted by Crippen LogP contribution is -2.60. The second kappa shape index (κ2) is 63.1. The van der Waals surface area contributed by atoms with Crippen LogP contribution in [0.1, 0.15) is 316 Å². The molecule has 1 rings (SSSR count). The van der Waals surface area contributed by atoms with Crippen molar-refractivity contribution in [2.24, 2.45) is 0 Å². The first-order valence-electron chi connectivity index (χ1n) is 35.4. The number of ether oxygens (including phenoxy) is 2. The van der Waals surface area contributed by atoms with Gasteiger partial charge in [-0.05, 0) is 77.0 Å². The van der Waals surface area contributed by atoms with Gasteiger partial charge in [0.2, 0.25) is 5.91 Å². The second-order valence-corrected chi connectivity index (χ2v) is 24.3. The maximum Gasteiger partial charge on any atom is 0.220 e. The molecule has 1 heterocycles. The molecule has 9 heteroatoms. The number of amides is 1. The SMILES string of the molecule is CC/C=C\C/C=C\C/C=C\C/C=C\C/C=C\C/C=C\C/C=C\C/C=C\CCCCCCC(=O)NC(COC1OC(CO)C(O)C(O)C1O)C(O)CCCCCCCCCCCCCCCCCCCCCCCCCCCCCCCCCC. The zero-order valence-electron chi connectivity index (χ0n) is 54.4. The van der Waals surface area contributed by atoms with E-state index in [0.717, 1.165) is 103 Å². The van der Waals surface area contributed by atoms with E-state index in [1.807, 2.05) is 0 Å². The zero-order chi connectivity index (χ0) is 60.7. The van der Waals surface area contributed by atoms with Crippen molar-refractivity contribution in [2.45, 2.75) is 358 Å². The number of hydrogen-bond donors (Lipinski definition) is 6. The van der Waals surface area contributed by atoms with Crippen molar-refractivity contribution >= 4 is 5.91 Å². The average Bonchev–Trinajstić information content (AvgIpc) is 3.69. The molecular weight excluding hydrogens is 1040 g/mol. The highest BCUT2D eigenvalue weighted by Gasteiger charge is 2.44. The van der Waals surface area contributed by atoms with E-state index in [9.17, 15) is 30.3 Å². The number of allylic oxidation sites excluding steroid dienone is 16. The van der Waals surface area contributed by atoms with Gasteiger partial charge in [0.05, 0.1) is 25.4 Å². The Kier molecular flexibility index (Phi) is 59.5. The van der Waals surface area contributed by atoms with E-state index in [0.29, 0.717) is 12.8 Å². The van der Waals surface area contributed by atoms with Crippen molar-refractivity contribution < 1.29 is 39.8 Å². The Hall–Kier alpha value is -2.89. The Balaban J connectivity index is 2.15. The van der Waals surface area contributed by atoms with Gasteiger partial charge in [-0.15, -0.1) is 0 Å². The van der Waals surface area contributed by atoms with E-state index < -0.39 is 49.5 Å². The number of rotatable bonds is 61. The fourth-order valence-corrected chi connectivity index (χ4v) is 10.9. The van der Waals surface area contributed by atoms with Crippen LogP contribution in [0.15, 0.2) is 97.2 Å². The average molecular weight is 1180 g/mol. The van der Waals surface area contributed by atoms with Crippen molar-refractivity contribution in [3.63, 3.8) is 0 Å². The van der Waals surface area contributed by atoms with Crippen LogP contribution >= 0.6 is 0 Å². The van der Waals surface area contributed by atoms with E-state index in [-0.39, 0.29) is 12.5 Å². The molecule has 0 bridgehead atoms. The Morgan fingerprint density at radius 2 is 0.738 bits per heavy atom. The summed E-state index contributed by atoms with van der Waals surface area (Å²) >= 11 is 0. The number of carbonyl (C=O) groups is 1. The molecule has 1 aliphatic rings. The quantitative estimate of drug-likeness (QED) is 0.0261. The summed E-state index contributed by atoms with van der Waals surface area (Å²) in [6, 6.07) is -0.742. The summed E-state index contributed by atoms with van der Waals surface area (Å²) in [5.41, 5.74) is 0. The predicted molar refractivity (Wildman–Crippen MR) is 359 cm³/mol. The molecule has 1 amide bonds. The van der Waals surface area contributed by atoms with Crippen LogP contribution in [0.25, 0.3) is 0 Å². The summed E-state index contributed by atoms with van der Waals surface area (Å²) in [6.07, 6.45) is 84.7. The van der Waals surface area contributed by atoms with Gasteiger partial charge in [0.1, 0.15) is 24.4 Å². The lowest BCUT2D eigenvalue weighted by atomic mass is 9.99. The highest BCUT2D eigenvalue weighted by atomic mass is 16.7. The molecule has 9 nitrogen and oxygen atoms in total.